The maximum absolute atomic E-state index is 11.8. The van der Waals surface area contributed by atoms with Gasteiger partial charge in [-0.15, -0.1) is 0 Å². The highest BCUT2D eigenvalue weighted by atomic mass is 79.9. The van der Waals surface area contributed by atoms with E-state index in [4.69, 9.17) is 0 Å². The Labute approximate surface area is 130 Å². The Balaban J connectivity index is 1.92. The van der Waals surface area contributed by atoms with Crippen LogP contribution in [0.4, 0.5) is 5.69 Å². The maximum atomic E-state index is 11.8. The zero-order chi connectivity index (χ0) is 15.2. The van der Waals surface area contributed by atoms with Crippen LogP contribution in [-0.2, 0) is 16.1 Å². The molecule has 0 atom stereocenters. The van der Waals surface area contributed by atoms with Gasteiger partial charge in [0.1, 0.15) is 0 Å². The van der Waals surface area contributed by atoms with Crippen molar-refractivity contribution in [1.82, 2.24) is 10.3 Å². The van der Waals surface area contributed by atoms with E-state index in [0.717, 1.165) is 15.6 Å². The lowest BCUT2D eigenvalue weighted by Gasteiger charge is -2.09. The summed E-state index contributed by atoms with van der Waals surface area (Å²) >= 11 is 3.35. The summed E-state index contributed by atoms with van der Waals surface area (Å²) in [6.45, 7) is 2.14. The molecule has 0 unspecified atom stereocenters. The summed E-state index contributed by atoms with van der Waals surface area (Å²) in [5, 5.41) is 5.15. The fourth-order valence-electron chi connectivity index (χ4n) is 1.71. The molecule has 2 N–H and O–H groups in total. The van der Waals surface area contributed by atoms with E-state index in [2.05, 4.69) is 31.5 Å². The van der Waals surface area contributed by atoms with Gasteiger partial charge in [-0.3, -0.25) is 14.6 Å². The topological polar surface area (TPSA) is 71.1 Å². The number of carbonyl (C=O) groups is 2. The summed E-state index contributed by atoms with van der Waals surface area (Å²) < 4.78 is 0.917. The van der Waals surface area contributed by atoms with Crippen molar-refractivity contribution in [2.24, 2.45) is 0 Å². The van der Waals surface area contributed by atoms with Crippen molar-refractivity contribution in [2.75, 3.05) is 5.32 Å². The largest absolute Gasteiger partial charge is 0.344 e. The number of amides is 2. The van der Waals surface area contributed by atoms with Crippen molar-refractivity contribution >= 4 is 33.4 Å². The normalized spacial score (nSPS) is 10.0. The number of nitrogens with zero attached hydrogens (tertiary/aromatic N) is 1. The Morgan fingerprint density at radius 2 is 1.86 bits per heavy atom. The second kappa shape index (κ2) is 6.99. The molecule has 6 heteroatoms. The van der Waals surface area contributed by atoms with Gasteiger partial charge < -0.3 is 10.6 Å². The Morgan fingerprint density at radius 1 is 1.14 bits per heavy atom. The van der Waals surface area contributed by atoms with Crippen LogP contribution in [0.5, 0.6) is 0 Å². The molecule has 2 amide bonds. The molecule has 0 bridgehead atoms. The zero-order valence-electron chi connectivity index (χ0n) is 11.4. The van der Waals surface area contributed by atoms with Gasteiger partial charge >= 0.3 is 11.8 Å². The summed E-state index contributed by atoms with van der Waals surface area (Å²) in [5.74, 6) is -1.36. The molecule has 1 aromatic carbocycles. The molecule has 0 spiro atoms. The Morgan fingerprint density at radius 3 is 2.52 bits per heavy atom. The summed E-state index contributed by atoms with van der Waals surface area (Å²) in [5.41, 5.74) is 2.37. The average Bonchev–Trinajstić information content (AvgIpc) is 2.48. The van der Waals surface area contributed by atoms with Crippen molar-refractivity contribution in [3.8, 4) is 0 Å². The van der Waals surface area contributed by atoms with Crippen molar-refractivity contribution in [3.05, 3.63) is 58.3 Å². The number of pyridine rings is 1. The number of hydrogen-bond donors (Lipinski definition) is 2. The first-order valence-electron chi connectivity index (χ1n) is 6.30. The van der Waals surface area contributed by atoms with E-state index in [-0.39, 0.29) is 6.54 Å². The van der Waals surface area contributed by atoms with Gasteiger partial charge in [0, 0.05) is 29.1 Å². The van der Waals surface area contributed by atoms with E-state index in [9.17, 15) is 9.59 Å². The van der Waals surface area contributed by atoms with Crippen LogP contribution in [0.25, 0.3) is 0 Å². The highest BCUT2D eigenvalue weighted by Gasteiger charge is 2.14. The van der Waals surface area contributed by atoms with Gasteiger partial charge in [0.2, 0.25) is 0 Å². The predicted molar refractivity (Wildman–Crippen MR) is 83.6 cm³/mol. The van der Waals surface area contributed by atoms with E-state index in [1.807, 2.05) is 13.0 Å². The van der Waals surface area contributed by atoms with Gasteiger partial charge in [0.15, 0.2) is 0 Å². The Kier molecular flexibility index (Phi) is 5.05. The number of hydrogen-bond acceptors (Lipinski definition) is 3. The van der Waals surface area contributed by atoms with Crippen LogP contribution < -0.4 is 10.6 Å². The van der Waals surface area contributed by atoms with E-state index < -0.39 is 11.8 Å². The van der Waals surface area contributed by atoms with E-state index >= 15 is 0 Å². The molecular weight excluding hydrogens is 334 g/mol. The monoisotopic (exact) mass is 347 g/mol. The van der Waals surface area contributed by atoms with Crippen LogP contribution in [0.2, 0.25) is 0 Å². The number of carbonyl (C=O) groups excluding carboxylic acids is 2. The molecule has 0 fully saturated rings. The molecule has 21 heavy (non-hydrogen) atoms. The number of aromatic nitrogens is 1. The molecule has 0 aliphatic heterocycles. The van der Waals surface area contributed by atoms with Gasteiger partial charge in [-0.1, -0.05) is 15.9 Å². The number of benzene rings is 1. The van der Waals surface area contributed by atoms with Gasteiger partial charge in [-0.05, 0) is 48.4 Å². The van der Waals surface area contributed by atoms with Gasteiger partial charge in [-0.2, -0.15) is 0 Å². The molecule has 0 saturated heterocycles. The lowest BCUT2D eigenvalue weighted by atomic mass is 10.2. The molecule has 0 aliphatic carbocycles. The highest BCUT2D eigenvalue weighted by molar-refractivity contribution is 9.10. The smallest absolute Gasteiger partial charge is 0.313 e. The molecule has 0 saturated carbocycles. The molecule has 1 aromatic heterocycles. The fraction of sp³-hybridized carbons (Fsp3) is 0.133. The van der Waals surface area contributed by atoms with Crippen molar-refractivity contribution in [2.45, 2.75) is 13.5 Å². The number of rotatable bonds is 3. The summed E-state index contributed by atoms with van der Waals surface area (Å²) in [7, 11) is 0. The third-order valence-corrected chi connectivity index (χ3v) is 3.34. The number of nitrogens with one attached hydrogen (secondary N) is 2. The van der Waals surface area contributed by atoms with Gasteiger partial charge in [0.25, 0.3) is 0 Å². The molecule has 1 heterocycles. The first-order chi connectivity index (χ1) is 10.1. The van der Waals surface area contributed by atoms with Crippen molar-refractivity contribution < 1.29 is 9.59 Å². The number of halogens is 1. The summed E-state index contributed by atoms with van der Waals surface area (Å²) in [6.07, 6.45) is 3.26. The molecule has 108 valence electrons. The molecule has 2 aromatic rings. The highest BCUT2D eigenvalue weighted by Crippen LogP contribution is 2.19. The van der Waals surface area contributed by atoms with Crippen LogP contribution in [-0.4, -0.2) is 16.8 Å². The zero-order valence-corrected chi connectivity index (χ0v) is 13.0. The lowest BCUT2D eigenvalue weighted by molar-refractivity contribution is -0.136. The third-order valence-electron chi connectivity index (χ3n) is 2.85. The predicted octanol–water partition coefficient (Wildman–Crippen LogP) is 2.41. The number of anilines is 1. The van der Waals surface area contributed by atoms with Crippen molar-refractivity contribution in [3.63, 3.8) is 0 Å². The molecule has 5 nitrogen and oxygen atoms in total. The number of aryl methyl sites for hydroxylation is 1. The van der Waals surface area contributed by atoms with Crippen LogP contribution in [0.15, 0.2) is 47.2 Å². The second-order valence-electron chi connectivity index (χ2n) is 4.45. The van der Waals surface area contributed by atoms with Crippen LogP contribution in [0.3, 0.4) is 0 Å². The summed E-state index contributed by atoms with van der Waals surface area (Å²) in [6, 6.07) is 8.96. The summed E-state index contributed by atoms with van der Waals surface area (Å²) in [4.78, 5) is 27.5. The standard InChI is InChI=1S/C15H14BrN3O2/c1-10-8-12(16)2-3-13(10)19-15(21)14(20)18-9-11-4-6-17-7-5-11/h2-8H,9H2,1H3,(H,18,20)(H,19,21). The quantitative estimate of drug-likeness (QED) is 0.837. The third kappa shape index (κ3) is 4.39. The van der Waals surface area contributed by atoms with Crippen LogP contribution in [0.1, 0.15) is 11.1 Å². The maximum Gasteiger partial charge on any atom is 0.313 e. The van der Waals surface area contributed by atoms with Crippen molar-refractivity contribution in [1.29, 1.82) is 0 Å². The molecule has 2 rings (SSSR count). The van der Waals surface area contributed by atoms with E-state index in [1.165, 1.54) is 0 Å². The lowest BCUT2D eigenvalue weighted by Crippen LogP contribution is -2.35. The molecule has 0 radical (unpaired) electrons. The van der Waals surface area contributed by atoms with E-state index in [0.29, 0.717) is 5.69 Å². The fourth-order valence-corrected chi connectivity index (χ4v) is 2.19. The first kappa shape index (κ1) is 15.2. The van der Waals surface area contributed by atoms with E-state index in [1.54, 1.807) is 36.7 Å². The first-order valence-corrected chi connectivity index (χ1v) is 7.10. The minimum absolute atomic E-state index is 0.286. The minimum atomic E-state index is -0.686. The average molecular weight is 348 g/mol. The minimum Gasteiger partial charge on any atom is -0.344 e. The molecule has 0 aliphatic rings. The second-order valence-corrected chi connectivity index (χ2v) is 5.37. The molecular formula is C15H14BrN3O2. The van der Waals surface area contributed by atoms with Crippen LogP contribution >= 0.6 is 15.9 Å². The Bertz CT molecular complexity index is 659. The van der Waals surface area contributed by atoms with Gasteiger partial charge in [0.05, 0.1) is 0 Å². The van der Waals surface area contributed by atoms with Crippen LogP contribution in [0, 0.1) is 6.92 Å². The SMILES string of the molecule is Cc1cc(Br)ccc1NC(=O)C(=O)NCc1ccncc1. The Hall–Kier alpha value is -2.21. The van der Waals surface area contributed by atoms with Gasteiger partial charge in [-0.25, -0.2) is 0 Å².